The number of benzene rings is 1. The first-order chi connectivity index (χ1) is 10.3. The minimum absolute atomic E-state index is 0.0344. The summed E-state index contributed by atoms with van der Waals surface area (Å²) in [4.78, 5) is 6.62. The molecule has 1 N–H and O–H groups in total. The van der Waals surface area contributed by atoms with Gasteiger partial charge in [-0.3, -0.25) is 0 Å². The molecule has 2 aliphatic carbocycles. The maximum absolute atomic E-state index is 5.08. The van der Waals surface area contributed by atoms with Crippen molar-refractivity contribution in [3.05, 3.63) is 51.0 Å². The molecular formula is C18H22N2S. The molecule has 0 radical (unpaired) electrons. The summed E-state index contributed by atoms with van der Waals surface area (Å²) in [5.74, 6) is 0. The summed E-state index contributed by atoms with van der Waals surface area (Å²) in [5.41, 5.74) is 4.29. The Hall–Kier alpha value is -1.19. The standard InChI is InChI=1S/C18H22N2S/c1-2-19-18(12-11-13-7-3-4-8-14(13)18)17-20-15-9-5-6-10-16(15)21-17/h3-4,7-8,19H,2,5-6,9-12H2,1H3. The first-order valence-electron chi connectivity index (χ1n) is 8.16. The largest absolute Gasteiger partial charge is 0.302 e. The molecule has 2 nitrogen and oxygen atoms in total. The Morgan fingerprint density at radius 3 is 2.90 bits per heavy atom. The van der Waals surface area contributed by atoms with Gasteiger partial charge in [0.15, 0.2) is 0 Å². The molecule has 0 fully saturated rings. The summed E-state index contributed by atoms with van der Waals surface area (Å²) in [5, 5.41) is 5.09. The lowest BCUT2D eigenvalue weighted by Crippen LogP contribution is -2.41. The van der Waals surface area contributed by atoms with Crippen LogP contribution in [0.25, 0.3) is 0 Å². The highest BCUT2D eigenvalue weighted by atomic mass is 32.1. The highest BCUT2D eigenvalue weighted by molar-refractivity contribution is 7.12. The van der Waals surface area contributed by atoms with Crippen LogP contribution >= 0.6 is 11.3 Å². The maximum atomic E-state index is 5.08. The Bertz CT molecular complexity index is 633. The molecule has 0 bridgehead atoms. The van der Waals surface area contributed by atoms with Crippen molar-refractivity contribution in [1.82, 2.24) is 10.3 Å². The van der Waals surface area contributed by atoms with E-state index < -0.39 is 0 Å². The van der Waals surface area contributed by atoms with E-state index in [-0.39, 0.29) is 5.54 Å². The quantitative estimate of drug-likeness (QED) is 0.932. The van der Waals surface area contributed by atoms with Crippen LogP contribution < -0.4 is 5.32 Å². The van der Waals surface area contributed by atoms with Crippen LogP contribution in [0, 0.1) is 0 Å². The van der Waals surface area contributed by atoms with E-state index in [2.05, 4.69) is 36.5 Å². The smallest absolute Gasteiger partial charge is 0.118 e. The zero-order chi connectivity index (χ0) is 14.3. The van der Waals surface area contributed by atoms with Crippen molar-refractivity contribution in [2.24, 2.45) is 0 Å². The molecule has 2 aromatic rings. The fourth-order valence-corrected chi connectivity index (χ4v) is 5.29. The third-order valence-electron chi connectivity index (χ3n) is 4.94. The van der Waals surface area contributed by atoms with Crippen molar-refractivity contribution >= 4 is 11.3 Å². The van der Waals surface area contributed by atoms with E-state index in [1.54, 1.807) is 0 Å². The molecule has 2 aliphatic rings. The van der Waals surface area contributed by atoms with Gasteiger partial charge in [0.25, 0.3) is 0 Å². The second-order valence-electron chi connectivity index (χ2n) is 6.19. The average molecular weight is 298 g/mol. The normalized spacial score (nSPS) is 23.9. The second kappa shape index (κ2) is 5.22. The molecule has 3 heteroatoms. The second-order valence-corrected chi connectivity index (χ2v) is 7.27. The summed E-state index contributed by atoms with van der Waals surface area (Å²) in [6.45, 7) is 3.19. The third kappa shape index (κ3) is 2.06. The highest BCUT2D eigenvalue weighted by Crippen LogP contribution is 2.44. The fraction of sp³-hybridized carbons (Fsp3) is 0.500. The van der Waals surface area contributed by atoms with E-state index in [0.717, 1.165) is 19.4 Å². The van der Waals surface area contributed by atoms with Crippen LogP contribution in [0.4, 0.5) is 0 Å². The highest BCUT2D eigenvalue weighted by Gasteiger charge is 2.42. The van der Waals surface area contributed by atoms with Crippen LogP contribution in [-0.4, -0.2) is 11.5 Å². The number of rotatable bonds is 3. The molecule has 1 aromatic heterocycles. The molecule has 21 heavy (non-hydrogen) atoms. The van der Waals surface area contributed by atoms with Gasteiger partial charge < -0.3 is 5.32 Å². The predicted molar refractivity (Wildman–Crippen MR) is 88.0 cm³/mol. The predicted octanol–water partition coefficient (Wildman–Crippen LogP) is 3.82. The SMILES string of the molecule is CCNC1(c2nc3c(s2)CCCC3)CCc2ccccc21. The minimum atomic E-state index is -0.0344. The number of aryl methyl sites for hydroxylation is 3. The van der Waals surface area contributed by atoms with Gasteiger partial charge >= 0.3 is 0 Å². The van der Waals surface area contributed by atoms with Crippen molar-refractivity contribution in [2.45, 2.75) is 51.0 Å². The molecule has 0 amide bonds. The van der Waals surface area contributed by atoms with Gasteiger partial charge in [0.2, 0.25) is 0 Å². The molecule has 0 saturated carbocycles. The zero-order valence-corrected chi connectivity index (χ0v) is 13.4. The van der Waals surface area contributed by atoms with Crippen molar-refractivity contribution in [3.8, 4) is 0 Å². The monoisotopic (exact) mass is 298 g/mol. The van der Waals surface area contributed by atoms with Gasteiger partial charge in [-0.2, -0.15) is 0 Å². The van der Waals surface area contributed by atoms with Crippen LogP contribution in [0.3, 0.4) is 0 Å². The maximum Gasteiger partial charge on any atom is 0.118 e. The summed E-state index contributed by atoms with van der Waals surface area (Å²) in [6.07, 6.45) is 7.35. The van der Waals surface area contributed by atoms with Gasteiger partial charge in [-0.1, -0.05) is 31.2 Å². The van der Waals surface area contributed by atoms with Gasteiger partial charge in [-0.05, 0) is 56.2 Å². The summed E-state index contributed by atoms with van der Waals surface area (Å²) in [6, 6.07) is 8.91. The van der Waals surface area contributed by atoms with E-state index >= 15 is 0 Å². The van der Waals surface area contributed by atoms with Crippen LogP contribution in [0.5, 0.6) is 0 Å². The first-order valence-corrected chi connectivity index (χ1v) is 8.97. The minimum Gasteiger partial charge on any atom is -0.302 e. The van der Waals surface area contributed by atoms with Crippen LogP contribution in [0.1, 0.15) is 52.9 Å². The molecule has 1 heterocycles. The number of hydrogen-bond acceptors (Lipinski definition) is 3. The third-order valence-corrected chi connectivity index (χ3v) is 6.26. The zero-order valence-electron chi connectivity index (χ0n) is 12.6. The Kier molecular flexibility index (Phi) is 3.35. The fourth-order valence-electron chi connectivity index (χ4n) is 3.93. The van der Waals surface area contributed by atoms with Gasteiger partial charge in [0.1, 0.15) is 5.01 Å². The number of nitrogens with zero attached hydrogens (tertiary/aromatic N) is 1. The van der Waals surface area contributed by atoms with Crippen molar-refractivity contribution in [1.29, 1.82) is 0 Å². The lowest BCUT2D eigenvalue weighted by molar-refractivity contribution is 0.407. The van der Waals surface area contributed by atoms with Crippen molar-refractivity contribution < 1.29 is 0 Å². The van der Waals surface area contributed by atoms with Crippen LogP contribution in [-0.2, 0) is 24.8 Å². The van der Waals surface area contributed by atoms with Crippen molar-refractivity contribution in [3.63, 3.8) is 0 Å². The molecule has 4 rings (SSSR count). The number of fused-ring (bicyclic) bond motifs is 2. The van der Waals surface area contributed by atoms with Crippen molar-refractivity contribution in [2.75, 3.05) is 6.54 Å². The number of hydrogen-bond donors (Lipinski definition) is 1. The topological polar surface area (TPSA) is 24.9 Å². The number of aromatic nitrogens is 1. The van der Waals surface area contributed by atoms with Gasteiger partial charge in [0.05, 0.1) is 11.2 Å². The Balaban J connectivity index is 1.84. The Morgan fingerprint density at radius 2 is 2.05 bits per heavy atom. The van der Waals surface area contributed by atoms with Gasteiger partial charge in [-0.25, -0.2) is 4.98 Å². The summed E-state index contributed by atoms with van der Waals surface area (Å²) >= 11 is 1.96. The Labute approximate surface area is 130 Å². The molecule has 0 saturated heterocycles. The molecule has 1 unspecified atom stereocenters. The van der Waals surface area contributed by atoms with Crippen LogP contribution in [0.2, 0.25) is 0 Å². The molecule has 1 aromatic carbocycles. The van der Waals surface area contributed by atoms with E-state index in [0.29, 0.717) is 0 Å². The number of thiazole rings is 1. The lowest BCUT2D eigenvalue weighted by atomic mass is 9.92. The average Bonchev–Trinajstić information content (AvgIpc) is 3.10. The van der Waals surface area contributed by atoms with E-state index in [1.807, 2.05) is 11.3 Å². The van der Waals surface area contributed by atoms with Gasteiger partial charge in [0, 0.05) is 4.88 Å². The molecule has 110 valence electrons. The first kappa shape index (κ1) is 13.5. The van der Waals surface area contributed by atoms with E-state index in [1.165, 1.54) is 52.4 Å². The number of nitrogens with one attached hydrogen (secondary N) is 1. The molecule has 1 atom stereocenters. The van der Waals surface area contributed by atoms with E-state index in [9.17, 15) is 0 Å². The summed E-state index contributed by atoms with van der Waals surface area (Å²) in [7, 11) is 0. The van der Waals surface area contributed by atoms with E-state index in [4.69, 9.17) is 4.98 Å². The van der Waals surface area contributed by atoms with Gasteiger partial charge in [-0.15, -0.1) is 11.3 Å². The van der Waals surface area contributed by atoms with Crippen LogP contribution in [0.15, 0.2) is 24.3 Å². The Morgan fingerprint density at radius 1 is 1.19 bits per heavy atom. The molecule has 0 aliphatic heterocycles. The molecule has 0 spiro atoms. The lowest BCUT2D eigenvalue weighted by Gasteiger charge is -2.29. The summed E-state index contributed by atoms with van der Waals surface area (Å²) < 4.78 is 0. The molecular weight excluding hydrogens is 276 g/mol.